The van der Waals surface area contributed by atoms with Crippen molar-refractivity contribution in [1.82, 2.24) is 0 Å². The molecule has 110 valence electrons. The summed E-state index contributed by atoms with van der Waals surface area (Å²) in [6.45, 7) is 2.38. The molecule has 0 unspecified atom stereocenters. The summed E-state index contributed by atoms with van der Waals surface area (Å²) in [5, 5.41) is 2.77. The topological polar surface area (TPSA) is 38.3 Å². The van der Waals surface area contributed by atoms with Crippen molar-refractivity contribution in [3.63, 3.8) is 0 Å². The molecule has 0 saturated heterocycles. The SMILES string of the molecule is COCCc1ccccc1NC(=O)c1cc(C)ccc1F. The van der Waals surface area contributed by atoms with Gasteiger partial charge in [-0.1, -0.05) is 29.8 Å². The van der Waals surface area contributed by atoms with Gasteiger partial charge in [0.05, 0.1) is 12.2 Å². The third-order valence-corrected chi connectivity index (χ3v) is 3.21. The molecule has 0 aliphatic heterocycles. The predicted molar refractivity (Wildman–Crippen MR) is 81.1 cm³/mol. The van der Waals surface area contributed by atoms with E-state index in [0.717, 1.165) is 11.1 Å². The minimum absolute atomic E-state index is 0.0524. The first-order valence-corrected chi connectivity index (χ1v) is 6.76. The molecular weight excluding hydrogens is 269 g/mol. The van der Waals surface area contributed by atoms with Gasteiger partial charge >= 0.3 is 0 Å². The highest BCUT2D eigenvalue weighted by molar-refractivity contribution is 6.04. The van der Waals surface area contributed by atoms with Crippen LogP contribution in [-0.2, 0) is 11.2 Å². The number of rotatable bonds is 5. The number of para-hydroxylation sites is 1. The number of ether oxygens (including phenoxy) is 1. The third kappa shape index (κ3) is 3.89. The molecule has 0 heterocycles. The van der Waals surface area contributed by atoms with E-state index < -0.39 is 11.7 Å². The van der Waals surface area contributed by atoms with E-state index in [1.54, 1.807) is 25.3 Å². The van der Waals surface area contributed by atoms with E-state index in [9.17, 15) is 9.18 Å². The summed E-state index contributed by atoms with van der Waals surface area (Å²) < 4.78 is 18.8. The number of methoxy groups -OCH3 is 1. The van der Waals surface area contributed by atoms with Gasteiger partial charge in [-0.15, -0.1) is 0 Å². The Bertz CT molecular complexity index is 640. The van der Waals surface area contributed by atoms with E-state index in [-0.39, 0.29) is 5.56 Å². The summed E-state index contributed by atoms with van der Waals surface area (Å²) >= 11 is 0. The van der Waals surface area contributed by atoms with Crippen LogP contribution in [0.1, 0.15) is 21.5 Å². The summed E-state index contributed by atoms with van der Waals surface area (Å²) in [5.41, 5.74) is 2.53. The standard InChI is InChI=1S/C17H18FNO2/c1-12-7-8-15(18)14(11-12)17(20)19-16-6-4-3-5-13(16)9-10-21-2/h3-8,11H,9-10H2,1-2H3,(H,19,20). The summed E-state index contributed by atoms with van der Waals surface area (Å²) in [6, 6.07) is 11.9. The van der Waals surface area contributed by atoms with Gasteiger partial charge in [0.25, 0.3) is 5.91 Å². The minimum atomic E-state index is -0.521. The van der Waals surface area contributed by atoms with Crippen LogP contribution < -0.4 is 5.32 Å². The normalized spacial score (nSPS) is 10.4. The molecule has 0 fully saturated rings. The molecule has 4 heteroatoms. The number of halogens is 1. The van der Waals surface area contributed by atoms with Gasteiger partial charge in [-0.3, -0.25) is 4.79 Å². The lowest BCUT2D eigenvalue weighted by molar-refractivity contribution is 0.102. The number of anilines is 1. The van der Waals surface area contributed by atoms with Gasteiger partial charge in [0.15, 0.2) is 0 Å². The van der Waals surface area contributed by atoms with Crippen LogP contribution >= 0.6 is 0 Å². The maximum absolute atomic E-state index is 13.7. The van der Waals surface area contributed by atoms with E-state index in [1.807, 2.05) is 25.1 Å². The molecule has 0 saturated carbocycles. The summed E-state index contributed by atoms with van der Waals surface area (Å²) in [6.07, 6.45) is 0.684. The molecule has 2 aromatic rings. The second-order valence-electron chi connectivity index (χ2n) is 4.84. The van der Waals surface area contributed by atoms with Crippen LogP contribution in [0.2, 0.25) is 0 Å². The van der Waals surface area contributed by atoms with Crippen molar-refractivity contribution < 1.29 is 13.9 Å². The summed E-state index contributed by atoms with van der Waals surface area (Å²) in [7, 11) is 1.63. The smallest absolute Gasteiger partial charge is 0.258 e. The van der Waals surface area contributed by atoms with Crippen molar-refractivity contribution in [3.05, 3.63) is 65.0 Å². The molecule has 2 rings (SSSR count). The van der Waals surface area contributed by atoms with E-state index >= 15 is 0 Å². The predicted octanol–water partition coefficient (Wildman–Crippen LogP) is 3.58. The van der Waals surface area contributed by atoms with E-state index in [1.165, 1.54) is 6.07 Å². The fourth-order valence-corrected chi connectivity index (χ4v) is 2.08. The van der Waals surface area contributed by atoms with Gasteiger partial charge in [-0.25, -0.2) is 4.39 Å². The van der Waals surface area contributed by atoms with Crippen LogP contribution in [-0.4, -0.2) is 19.6 Å². The number of amides is 1. The van der Waals surface area contributed by atoms with Gasteiger partial charge in [0.2, 0.25) is 0 Å². The highest BCUT2D eigenvalue weighted by Crippen LogP contribution is 2.18. The number of carbonyl (C=O) groups is 1. The molecule has 0 aliphatic carbocycles. The van der Waals surface area contributed by atoms with Crippen LogP contribution in [0.5, 0.6) is 0 Å². The number of nitrogens with one attached hydrogen (secondary N) is 1. The Hall–Kier alpha value is -2.20. The van der Waals surface area contributed by atoms with Crippen LogP contribution in [0.15, 0.2) is 42.5 Å². The number of aryl methyl sites for hydroxylation is 1. The van der Waals surface area contributed by atoms with Crippen LogP contribution in [0.25, 0.3) is 0 Å². The van der Waals surface area contributed by atoms with Crippen LogP contribution in [0.3, 0.4) is 0 Å². The second kappa shape index (κ2) is 6.99. The zero-order valence-corrected chi connectivity index (χ0v) is 12.2. The molecule has 0 radical (unpaired) electrons. The van der Waals surface area contributed by atoms with Gasteiger partial charge in [0, 0.05) is 12.8 Å². The Balaban J connectivity index is 2.21. The first kappa shape index (κ1) is 15.2. The third-order valence-electron chi connectivity index (χ3n) is 3.21. The Morgan fingerprint density at radius 1 is 1.24 bits per heavy atom. The maximum Gasteiger partial charge on any atom is 0.258 e. The molecule has 21 heavy (non-hydrogen) atoms. The highest BCUT2D eigenvalue weighted by Gasteiger charge is 2.13. The Morgan fingerprint density at radius 2 is 2.00 bits per heavy atom. The van der Waals surface area contributed by atoms with Crippen LogP contribution in [0.4, 0.5) is 10.1 Å². The molecule has 1 amide bonds. The fourth-order valence-electron chi connectivity index (χ4n) is 2.08. The van der Waals surface area contributed by atoms with Crippen molar-refractivity contribution in [2.24, 2.45) is 0 Å². The fraction of sp³-hybridized carbons (Fsp3) is 0.235. The molecule has 0 atom stereocenters. The Labute approximate surface area is 123 Å². The average molecular weight is 287 g/mol. The molecule has 2 aromatic carbocycles. The van der Waals surface area contributed by atoms with Crippen molar-refractivity contribution in [2.75, 3.05) is 19.0 Å². The molecule has 0 spiro atoms. The highest BCUT2D eigenvalue weighted by atomic mass is 19.1. The largest absolute Gasteiger partial charge is 0.384 e. The van der Waals surface area contributed by atoms with Crippen LogP contribution in [0, 0.1) is 12.7 Å². The first-order valence-electron chi connectivity index (χ1n) is 6.76. The molecule has 0 bridgehead atoms. The first-order chi connectivity index (χ1) is 10.1. The monoisotopic (exact) mass is 287 g/mol. The molecule has 3 nitrogen and oxygen atoms in total. The van der Waals surface area contributed by atoms with E-state index in [2.05, 4.69) is 5.32 Å². The lowest BCUT2D eigenvalue weighted by Gasteiger charge is -2.11. The summed E-state index contributed by atoms with van der Waals surface area (Å²) in [4.78, 5) is 12.2. The second-order valence-corrected chi connectivity index (χ2v) is 4.84. The Morgan fingerprint density at radius 3 is 2.76 bits per heavy atom. The zero-order valence-electron chi connectivity index (χ0n) is 12.2. The average Bonchev–Trinajstić information content (AvgIpc) is 2.48. The molecule has 1 N–H and O–H groups in total. The van der Waals surface area contributed by atoms with Crippen molar-refractivity contribution in [3.8, 4) is 0 Å². The van der Waals surface area contributed by atoms with Gasteiger partial charge in [-0.05, 0) is 37.1 Å². The van der Waals surface area contributed by atoms with Gasteiger partial charge in [0.1, 0.15) is 5.82 Å². The molecule has 0 aromatic heterocycles. The number of benzene rings is 2. The molecular formula is C17H18FNO2. The maximum atomic E-state index is 13.7. The van der Waals surface area contributed by atoms with Crippen molar-refractivity contribution in [2.45, 2.75) is 13.3 Å². The molecule has 0 aliphatic rings. The minimum Gasteiger partial charge on any atom is -0.384 e. The van der Waals surface area contributed by atoms with Crippen molar-refractivity contribution in [1.29, 1.82) is 0 Å². The van der Waals surface area contributed by atoms with Gasteiger partial charge in [-0.2, -0.15) is 0 Å². The number of hydrogen-bond acceptors (Lipinski definition) is 2. The number of carbonyl (C=O) groups excluding carboxylic acids is 1. The van der Waals surface area contributed by atoms with Crippen molar-refractivity contribution >= 4 is 11.6 Å². The Kier molecular flexibility index (Phi) is 5.06. The lowest BCUT2D eigenvalue weighted by Crippen LogP contribution is -2.15. The van der Waals surface area contributed by atoms with E-state index in [4.69, 9.17) is 4.74 Å². The quantitative estimate of drug-likeness (QED) is 0.913. The summed E-state index contributed by atoms with van der Waals surface area (Å²) in [5.74, 6) is -0.964. The van der Waals surface area contributed by atoms with E-state index in [0.29, 0.717) is 18.7 Å². The van der Waals surface area contributed by atoms with Gasteiger partial charge < -0.3 is 10.1 Å². The zero-order chi connectivity index (χ0) is 15.2. The number of hydrogen-bond donors (Lipinski definition) is 1. The lowest BCUT2D eigenvalue weighted by atomic mass is 10.1.